The first-order valence-corrected chi connectivity index (χ1v) is 8.71. The quantitative estimate of drug-likeness (QED) is 0.607. The van der Waals surface area contributed by atoms with E-state index in [0.717, 1.165) is 16.6 Å². The molecule has 7 nitrogen and oxygen atoms in total. The van der Waals surface area contributed by atoms with E-state index in [1.807, 2.05) is 24.3 Å². The molecule has 0 aliphatic carbocycles. The van der Waals surface area contributed by atoms with Crippen LogP contribution in [0.2, 0.25) is 5.02 Å². The second-order valence-electron chi connectivity index (χ2n) is 6.03. The van der Waals surface area contributed by atoms with Crippen LogP contribution in [-0.2, 0) is 16.0 Å². The minimum Gasteiger partial charge on any atom is -0.495 e. The first kappa shape index (κ1) is 18.7. The Morgan fingerprint density at radius 3 is 2.74 bits per heavy atom. The fourth-order valence-electron chi connectivity index (χ4n) is 2.60. The molecule has 0 radical (unpaired) electrons. The molecule has 1 aromatic heterocycles. The summed E-state index contributed by atoms with van der Waals surface area (Å²) in [7, 11) is 1.52. The highest BCUT2D eigenvalue weighted by Crippen LogP contribution is 2.25. The van der Waals surface area contributed by atoms with E-state index in [1.54, 1.807) is 25.1 Å². The van der Waals surface area contributed by atoms with Crippen molar-refractivity contribution in [3.8, 4) is 5.75 Å². The molecule has 0 saturated carbocycles. The summed E-state index contributed by atoms with van der Waals surface area (Å²) >= 11 is 6.06. The predicted octanol–water partition coefficient (Wildman–Crippen LogP) is 2.91. The molecule has 0 aliphatic heterocycles. The number of ether oxygens (including phenoxy) is 1. The fraction of sp³-hybridized carbons (Fsp3) is 0.211. The van der Waals surface area contributed by atoms with Crippen LogP contribution in [0.3, 0.4) is 0 Å². The number of halogens is 1. The normalized spacial score (nSPS) is 11.8. The monoisotopic (exact) mass is 386 g/mol. The van der Waals surface area contributed by atoms with Gasteiger partial charge in [-0.1, -0.05) is 29.8 Å². The highest BCUT2D eigenvalue weighted by atomic mass is 35.5. The third-order valence-corrected chi connectivity index (χ3v) is 4.28. The number of nitrogens with zero attached hydrogens (tertiary/aromatic N) is 1. The summed E-state index contributed by atoms with van der Waals surface area (Å²) in [5, 5.41) is 5.76. The average Bonchev–Trinajstić information content (AvgIpc) is 3.04. The average molecular weight is 387 g/mol. The number of benzene rings is 2. The number of imidazole rings is 1. The van der Waals surface area contributed by atoms with Crippen LogP contribution in [0.25, 0.3) is 11.0 Å². The van der Waals surface area contributed by atoms with Crippen LogP contribution < -0.4 is 15.4 Å². The maximum atomic E-state index is 12.3. The number of H-pyrrole nitrogens is 1. The second kappa shape index (κ2) is 8.09. The number of carbonyl (C=O) groups is 2. The smallest absolute Gasteiger partial charge is 0.248 e. The Labute approximate surface area is 161 Å². The lowest BCUT2D eigenvalue weighted by Crippen LogP contribution is -2.42. The van der Waals surface area contributed by atoms with Crippen LogP contribution in [0.4, 0.5) is 5.95 Å². The van der Waals surface area contributed by atoms with Crippen molar-refractivity contribution in [3.63, 3.8) is 0 Å². The van der Waals surface area contributed by atoms with E-state index in [0.29, 0.717) is 16.7 Å². The lowest BCUT2D eigenvalue weighted by Gasteiger charge is -2.13. The van der Waals surface area contributed by atoms with Crippen molar-refractivity contribution < 1.29 is 14.3 Å². The molecule has 27 heavy (non-hydrogen) atoms. The summed E-state index contributed by atoms with van der Waals surface area (Å²) in [5.74, 6) is 0.224. The number of hydrogen-bond acceptors (Lipinski definition) is 4. The second-order valence-corrected chi connectivity index (χ2v) is 6.43. The van der Waals surface area contributed by atoms with E-state index in [4.69, 9.17) is 16.3 Å². The summed E-state index contributed by atoms with van der Waals surface area (Å²) < 4.78 is 5.09. The van der Waals surface area contributed by atoms with Crippen molar-refractivity contribution in [2.24, 2.45) is 0 Å². The van der Waals surface area contributed by atoms with Gasteiger partial charge in [0, 0.05) is 0 Å². The van der Waals surface area contributed by atoms with Gasteiger partial charge in [-0.25, -0.2) is 4.98 Å². The van der Waals surface area contributed by atoms with Crippen molar-refractivity contribution in [1.29, 1.82) is 0 Å². The molecule has 8 heteroatoms. The van der Waals surface area contributed by atoms with Crippen molar-refractivity contribution in [2.75, 3.05) is 12.4 Å². The molecule has 0 unspecified atom stereocenters. The third kappa shape index (κ3) is 4.57. The van der Waals surface area contributed by atoms with E-state index < -0.39 is 6.04 Å². The SMILES string of the molecule is COc1ccc(CC(=O)N[C@H](C)C(=O)Nc2nc3ccccc3[nH]2)cc1Cl. The fourth-order valence-corrected chi connectivity index (χ4v) is 2.88. The first-order chi connectivity index (χ1) is 13.0. The zero-order valence-corrected chi connectivity index (χ0v) is 15.6. The molecule has 140 valence electrons. The summed E-state index contributed by atoms with van der Waals surface area (Å²) in [6.45, 7) is 1.61. The number of amides is 2. The van der Waals surface area contributed by atoms with E-state index in [-0.39, 0.29) is 18.2 Å². The Balaban J connectivity index is 1.57. The van der Waals surface area contributed by atoms with E-state index in [2.05, 4.69) is 20.6 Å². The molecule has 2 amide bonds. The molecule has 3 N–H and O–H groups in total. The van der Waals surface area contributed by atoms with E-state index >= 15 is 0 Å². The molecule has 0 aliphatic rings. The lowest BCUT2D eigenvalue weighted by molar-refractivity contribution is -0.125. The molecule has 0 saturated heterocycles. The van der Waals surface area contributed by atoms with Gasteiger partial charge in [-0.2, -0.15) is 0 Å². The van der Waals surface area contributed by atoms with Crippen molar-refractivity contribution in [1.82, 2.24) is 15.3 Å². The minimum absolute atomic E-state index is 0.103. The van der Waals surface area contributed by atoms with Crippen LogP contribution in [0, 0.1) is 0 Å². The van der Waals surface area contributed by atoms with Gasteiger partial charge in [0.25, 0.3) is 0 Å². The predicted molar refractivity (Wildman–Crippen MR) is 104 cm³/mol. The van der Waals surface area contributed by atoms with Gasteiger partial charge in [-0.3, -0.25) is 14.9 Å². The van der Waals surface area contributed by atoms with Gasteiger partial charge < -0.3 is 15.0 Å². The topological polar surface area (TPSA) is 96.1 Å². The van der Waals surface area contributed by atoms with Gasteiger partial charge in [0.2, 0.25) is 17.8 Å². The van der Waals surface area contributed by atoms with Crippen molar-refractivity contribution in [2.45, 2.75) is 19.4 Å². The Morgan fingerprint density at radius 1 is 1.26 bits per heavy atom. The minimum atomic E-state index is -0.723. The zero-order valence-electron chi connectivity index (χ0n) is 14.9. The number of hydrogen-bond donors (Lipinski definition) is 3. The highest BCUT2D eigenvalue weighted by molar-refractivity contribution is 6.32. The molecule has 0 fully saturated rings. The Morgan fingerprint density at radius 2 is 2.04 bits per heavy atom. The highest BCUT2D eigenvalue weighted by Gasteiger charge is 2.17. The number of methoxy groups -OCH3 is 1. The number of carbonyl (C=O) groups excluding carboxylic acids is 2. The maximum absolute atomic E-state index is 12.3. The van der Waals surface area contributed by atoms with Crippen LogP contribution in [0.15, 0.2) is 42.5 Å². The molecule has 3 rings (SSSR count). The standard InChI is InChI=1S/C19H19ClN4O3/c1-11(18(26)24-19-22-14-5-3-4-6-15(14)23-19)21-17(25)10-12-7-8-16(27-2)13(20)9-12/h3-9,11H,10H2,1-2H3,(H,21,25)(H2,22,23,24,26)/t11-/m1/s1. The van der Waals surface area contributed by atoms with Gasteiger partial charge in [-0.05, 0) is 36.8 Å². The summed E-state index contributed by atoms with van der Waals surface area (Å²) in [6, 6.07) is 11.8. The van der Waals surface area contributed by atoms with Crippen molar-refractivity contribution >= 4 is 40.4 Å². The Bertz CT molecular complexity index is 953. The Hall–Kier alpha value is -3.06. The summed E-state index contributed by atoms with van der Waals surface area (Å²) in [4.78, 5) is 31.8. The lowest BCUT2D eigenvalue weighted by atomic mass is 10.1. The van der Waals surface area contributed by atoms with Gasteiger partial charge in [-0.15, -0.1) is 0 Å². The molecular weight excluding hydrogens is 368 g/mol. The number of aromatic nitrogens is 2. The van der Waals surface area contributed by atoms with Crippen LogP contribution in [-0.4, -0.2) is 34.9 Å². The number of para-hydroxylation sites is 2. The third-order valence-electron chi connectivity index (χ3n) is 3.98. The largest absolute Gasteiger partial charge is 0.495 e. The molecule has 0 bridgehead atoms. The zero-order chi connectivity index (χ0) is 19.4. The van der Waals surface area contributed by atoms with E-state index in [9.17, 15) is 9.59 Å². The molecule has 0 spiro atoms. The maximum Gasteiger partial charge on any atom is 0.248 e. The summed E-state index contributed by atoms with van der Waals surface area (Å²) in [5.41, 5.74) is 2.30. The number of anilines is 1. The molecule has 1 heterocycles. The van der Waals surface area contributed by atoms with Gasteiger partial charge in [0.15, 0.2) is 0 Å². The number of aromatic amines is 1. The van der Waals surface area contributed by atoms with Crippen molar-refractivity contribution in [3.05, 3.63) is 53.1 Å². The molecule has 2 aromatic carbocycles. The first-order valence-electron chi connectivity index (χ1n) is 8.33. The molecule has 3 aromatic rings. The van der Waals surface area contributed by atoms with E-state index in [1.165, 1.54) is 7.11 Å². The number of rotatable bonds is 6. The van der Waals surface area contributed by atoms with Crippen LogP contribution in [0.1, 0.15) is 12.5 Å². The van der Waals surface area contributed by atoms with Crippen LogP contribution >= 0.6 is 11.6 Å². The summed E-state index contributed by atoms with van der Waals surface area (Å²) in [6.07, 6.45) is 0.103. The van der Waals surface area contributed by atoms with Gasteiger partial charge >= 0.3 is 0 Å². The molecule has 1 atom stereocenters. The Kier molecular flexibility index (Phi) is 5.61. The van der Waals surface area contributed by atoms with Gasteiger partial charge in [0.1, 0.15) is 11.8 Å². The number of fused-ring (bicyclic) bond motifs is 1. The van der Waals surface area contributed by atoms with Crippen LogP contribution in [0.5, 0.6) is 5.75 Å². The molecular formula is C19H19ClN4O3. The van der Waals surface area contributed by atoms with Gasteiger partial charge in [0.05, 0.1) is 29.6 Å². The number of nitrogens with one attached hydrogen (secondary N) is 3.